The second kappa shape index (κ2) is 7.70. The maximum atomic E-state index is 5.84. The summed E-state index contributed by atoms with van der Waals surface area (Å²) in [4.78, 5) is 8.47. The summed E-state index contributed by atoms with van der Waals surface area (Å²) < 4.78 is 13.6. The molecule has 0 unspecified atom stereocenters. The summed E-state index contributed by atoms with van der Waals surface area (Å²) in [5.74, 6) is 1.45. The molecule has 130 valence electrons. The summed E-state index contributed by atoms with van der Waals surface area (Å²) in [5.41, 5.74) is 2.70. The van der Waals surface area contributed by atoms with Crippen molar-refractivity contribution in [1.29, 1.82) is 0 Å². The van der Waals surface area contributed by atoms with Gasteiger partial charge in [0.25, 0.3) is 0 Å². The van der Waals surface area contributed by atoms with E-state index >= 15 is 0 Å². The molecule has 5 nitrogen and oxygen atoms in total. The maximum Gasteiger partial charge on any atom is 0.220 e. The third-order valence-corrected chi connectivity index (χ3v) is 3.98. The van der Waals surface area contributed by atoms with Crippen LogP contribution in [0.5, 0.6) is 5.75 Å². The van der Waals surface area contributed by atoms with Gasteiger partial charge in [0.1, 0.15) is 11.3 Å². The van der Waals surface area contributed by atoms with Crippen molar-refractivity contribution in [3.63, 3.8) is 0 Å². The highest BCUT2D eigenvalue weighted by molar-refractivity contribution is 5.76. The molecular formula is C21H19N3O2. The Labute approximate surface area is 151 Å². The van der Waals surface area contributed by atoms with Crippen LogP contribution in [-0.4, -0.2) is 21.1 Å². The van der Waals surface area contributed by atoms with Gasteiger partial charge in [-0.3, -0.25) is 0 Å². The van der Waals surface area contributed by atoms with Crippen LogP contribution in [0, 0.1) is 0 Å². The lowest BCUT2D eigenvalue weighted by atomic mass is 10.2. The average molecular weight is 345 g/mol. The number of hydrogen-bond donors (Lipinski definition) is 0. The van der Waals surface area contributed by atoms with E-state index in [4.69, 9.17) is 9.15 Å². The molecule has 0 atom stereocenters. The minimum atomic E-state index is 0.595. The summed E-state index contributed by atoms with van der Waals surface area (Å²) in [6.45, 7) is 1.56. The molecule has 2 aromatic carbocycles. The van der Waals surface area contributed by atoms with Crippen LogP contribution in [0.4, 0.5) is 0 Å². The number of aryl methyl sites for hydroxylation is 1. The van der Waals surface area contributed by atoms with E-state index in [9.17, 15) is 0 Å². The van der Waals surface area contributed by atoms with E-state index in [0.29, 0.717) is 12.5 Å². The average Bonchev–Trinajstić information content (AvgIpc) is 3.33. The highest BCUT2D eigenvalue weighted by atomic mass is 16.5. The van der Waals surface area contributed by atoms with Crippen LogP contribution in [0.2, 0.25) is 0 Å². The highest BCUT2D eigenvalue weighted by Gasteiger charge is 2.01. The molecule has 4 aromatic rings. The Morgan fingerprint density at radius 3 is 2.92 bits per heavy atom. The van der Waals surface area contributed by atoms with Gasteiger partial charge in [0.15, 0.2) is 5.58 Å². The van der Waals surface area contributed by atoms with Crippen molar-refractivity contribution < 1.29 is 9.15 Å². The third kappa shape index (κ3) is 4.00. The summed E-state index contributed by atoms with van der Waals surface area (Å²) in [6.07, 6.45) is 10.3. The Morgan fingerprint density at radius 2 is 2.04 bits per heavy atom. The Balaban J connectivity index is 1.35. The number of nitrogens with zero attached hydrogens (tertiary/aromatic N) is 3. The van der Waals surface area contributed by atoms with Crippen molar-refractivity contribution in [2.75, 3.05) is 6.61 Å². The van der Waals surface area contributed by atoms with Crippen molar-refractivity contribution in [2.24, 2.45) is 0 Å². The second-order valence-corrected chi connectivity index (χ2v) is 5.93. The van der Waals surface area contributed by atoms with Gasteiger partial charge in [-0.25, -0.2) is 9.97 Å². The number of benzene rings is 2. The molecule has 0 bridgehead atoms. The standard InChI is InChI=1S/C21H19N3O2/c1-2-8-20-19(7-1)23-21(26-20)10-9-17-5-3-6-18(15-17)25-14-4-12-24-13-11-22-16-24/h1-3,5-11,13,15-16H,4,12,14H2/b10-9+. The van der Waals surface area contributed by atoms with E-state index in [0.717, 1.165) is 35.4 Å². The predicted octanol–water partition coefficient (Wildman–Crippen LogP) is 4.66. The Kier molecular flexibility index (Phi) is 4.78. The molecule has 0 N–H and O–H groups in total. The van der Waals surface area contributed by atoms with Crippen LogP contribution in [-0.2, 0) is 6.54 Å². The Bertz CT molecular complexity index is 970. The largest absolute Gasteiger partial charge is 0.494 e. The second-order valence-electron chi connectivity index (χ2n) is 5.93. The monoisotopic (exact) mass is 345 g/mol. The predicted molar refractivity (Wildman–Crippen MR) is 102 cm³/mol. The van der Waals surface area contributed by atoms with Gasteiger partial charge in [-0.15, -0.1) is 0 Å². The van der Waals surface area contributed by atoms with Crippen LogP contribution < -0.4 is 4.74 Å². The molecule has 4 rings (SSSR count). The lowest BCUT2D eigenvalue weighted by molar-refractivity contribution is 0.301. The number of fused-ring (bicyclic) bond motifs is 1. The fraction of sp³-hybridized carbons (Fsp3) is 0.143. The molecule has 0 spiro atoms. The zero-order valence-electron chi connectivity index (χ0n) is 14.3. The smallest absolute Gasteiger partial charge is 0.220 e. The molecule has 5 heteroatoms. The van der Waals surface area contributed by atoms with Gasteiger partial charge in [-0.1, -0.05) is 24.3 Å². The highest BCUT2D eigenvalue weighted by Crippen LogP contribution is 2.18. The van der Waals surface area contributed by atoms with E-state index in [1.54, 1.807) is 6.20 Å². The minimum absolute atomic E-state index is 0.595. The molecule has 0 aliphatic rings. The Morgan fingerprint density at radius 1 is 1.08 bits per heavy atom. The van der Waals surface area contributed by atoms with Gasteiger partial charge in [-0.05, 0) is 42.3 Å². The van der Waals surface area contributed by atoms with E-state index in [2.05, 4.69) is 9.97 Å². The van der Waals surface area contributed by atoms with Crippen LogP contribution in [0.15, 0.2) is 71.7 Å². The zero-order valence-corrected chi connectivity index (χ0v) is 14.3. The van der Waals surface area contributed by atoms with Crippen LogP contribution in [0.3, 0.4) is 0 Å². The number of aromatic nitrogens is 3. The summed E-state index contributed by atoms with van der Waals surface area (Å²) >= 11 is 0. The molecular weight excluding hydrogens is 326 g/mol. The van der Waals surface area contributed by atoms with Crippen LogP contribution >= 0.6 is 0 Å². The maximum absolute atomic E-state index is 5.84. The van der Waals surface area contributed by atoms with Gasteiger partial charge < -0.3 is 13.7 Å². The molecule has 0 aliphatic carbocycles. The van der Waals surface area contributed by atoms with Crippen molar-refractivity contribution in [2.45, 2.75) is 13.0 Å². The molecule has 0 saturated carbocycles. The van der Waals surface area contributed by atoms with Crippen molar-refractivity contribution in [1.82, 2.24) is 14.5 Å². The first-order valence-electron chi connectivity index (χ1n) is 8.59. The number of hydrogen-bond acceptors (Lipinski definition) is 4. The topological polar surface area (TPSA) is 53.1 Å². The lowest BCUT2D eigenvalue weighted by Crippen LogP contribution is -2.03. The summed E-state index contributed by atoms with van der Waals surface area (Å²) in [5, 5.41) is 0. The van der Waals surface area contributed by atoms with Crippen molar-refractivity contribution >= 4 is 23.3 Å². The Hall–Kier alpha value is -3.34. The lowest BCUT2D eigenvalue weighted by Gasteiger charge is -2.07. The molecule has 0 saturated heterocycles. The fourth-order valence-electron chi connectivity index (χ4n) is 2.69. The number of rotatable bonds is 7. The minimum Gasteiger partial charge on any atom is -0.494 e. The molecule has 0 fully saturated rings. The van der Waals surface area contributed by atoms with E-state index in [1.165, 1.54) is 0 Å². The van der Waals surface area contributed by atoms with Crippen molar-refractivity contribution in [3.8, 4) is 5.75 Å². The first-order valence-corrected chi connectivity index (χ1v) is 8.59. The number of oxazole rings is 1. The zero-order chi connectivity index (χ0) is 17.6. The summed E-state index contributed by atoms with van der Waals surface area (Å²) in [6, 6.07) is 15.7. The SMILES string of the molecule is C(=C\c1nc2ccccc2o1)/c1cccc(OCCCn2ccnc2)c1. The number of imidazole rings is 1. The first-order chi connectivity index (χ1) is 12.9. The van der Waals surface area contributed by atoms with Gasteiger partial charge in [0, 0.05) is 25.0 Å². The molecule has 0 radical (unpaired) electrons. The quantitative estimate of drug-likeness (QED) is 0.457. The molecule has 2 heterocycles. The molecule has 0 amide bonds. The van der Waals surface area contributed by atoms with Gasteiger partial charge >= 0.3 is 0 Å². The molecule has 26 heavy (non-hydrogen) atoms. The first kappa shape index (κ1) is 16.1. The van der Waals surface area contributed by atoms with Crippen LogP contribution in [0.1, 0.15) is 17.9 Å². The van der Waals surface area contributed by atoms with Gasteiger partial charge in [0.05, 0.1) is 12.9 Å². The number of para-hydroxylation sites is 2. The summed E-state index contributed by atoms with van der Waals surface area (Å²) in [7, 11) is 0. The van der Waals surface area contributed by atoms with E-state index in [-0.39, 0.29) is 0 Å². The van der Waals surface area contributed by atoms with E-state index < -0.39 is 0 Å². The molecule has 0 aliphatic heterocycles. The van der Waals surface area contributed by atoms with Gasteiger partial charge in [0.2, 0.25) is 5.89 Å². The van der Waals surface area contributed by atoms with Crippen LogP contribution in [0.25, 0.3) is 23.3 Å². The fourth-order valence-corrected chi connectivity index (χ4v) is 2.69. The van der Waals surface area contributed by atoms with Gasteiger partial charge in [-0.2, -0.15) is 0 Å². The third-order valence-electron chi connectivity index (χ3n) is 3.98. The normalized spacial score (nSPS) is 11.4. The number of ether oxygens (including phenoxy) is 1. The molecule has 2 aromatic heterocycles. The van der Waals surface area contributed by atoms with Crippen molar-refractivity contribution in [3.05, 3.63) is 78.7 Å². The van der Waals surface area contributed by atoms with E-state index in [1.807, 2.05) is 77.8 Å².